The van der Waals surface area contributed by atoms with Crippen LogP contribution in [0.5, 0.6) is 0 Å². The Morgan fingerprint density at radius 1 is 1.67 bits per heavy atom. The Labute approximate surface area is 73.9 Å². The Balaban J connectivity index is 2.78. The van der Waals surface area contributed by atoms with Crippen LogP contribution in [0.1, 0.15) is 13.3 Å². The molecule has 1 rings (SSSR count). The van der Waals surface area contributed by atoms with Crippen molar-refractivity contribution in [2.75, 3.05) is 0 Å². The lowest BCUT2D eigenvalue weighted by Crippen LogP contribution is -1.87. The van der Waals surface area contributed by atoms with Crippen molar-refractivity contribution in [1.82, 2.24) is 0 Å². The first-order chi connectivity index (χ1) is 4.33. The molecule has 0 aromatic carbocycles. The van der Waals surface area contributed by atoms with E-state index < -0.39 is 0 Å². The van der Waals surface area contributed by atoms with Gasteiger partial charge in [-0.25, -0.2) is 0 Å². The van der Waals surface area contributed by atoms with Crippen molar-refractivity contribution in [2.45, 2.75) is 13.3 Å². The minimum absolute atomic E-state index is 0.251. The summed E-state index contributed by atoms with van der Waals surface area (Å²) in [6, 6.07) is 0. The van der Waals surface area contributed by atoms with Gasteiger partial charge in [-0.15, -0.1) is 0 Å². The highest BCUT2D eigenvalue weighted by Gasteiger charge is 1.93. The van der Waals surface area contributed by atoms with E-state index in [0.29, 0.717) is 0 Å². The minimum Gasteiger partial charge on any atom is -0.0901 e. The Morgan fingerprint density at radius 3 is 2.89 bits per heavy atom. The number of allylic oxidation sites excluding steroid dienone is 3. The third kappa shape index (κ3) is 2.34. The van der Waals surface area contributed by atoms with Gasteiger partial charge in [-0.05, 0) is 26.2 Å². The maximum absolute atomic E-state index is 3.44. The maximum Gasteiger partial charge on any atom is 0.0186 e. The SMILES string of the molecule is CCC1=IC=CC(Br)=C1. The van der Waals surface area contributed by atoms with E-state index in [1.165, 1.54) is 10.9 Å². The van der Waals surface area contributed by atoms with Crippen LogP contribution in [-0.2, 0) is 0 Å². The van der Waals surface area contributed by atoms with Gasteiger partial charge in [0.1, 0.15) is 0 Å². The summed E-state index contributed by atoms with van der Waals surface area (Å²) >= 11 is 3.69. The summed E-state index contributed by atoms with van der Waals surface area (Å²) in [4.78, 5) is 0. The Kier molecular flexibility index (Phi) is 3.12. The van der Waals surface area contributed by atoms with E-state index in [-0.39, 0.29) is 20.7 Å². The molecule has 9 heavy (non-hydrogen) atoms. The van der Waals surface area contributed by atoms with Gasteiger partial charge in [0, 0.05) is 4.48 Å². The van der Waals surface area contributed by atoms with E-state index in [4.69, 9.17) is 0 Å². The molecule has 1 aliphatic heterocycles. The lowest BCUT2D eigenvalue weighted by atomic mass is 10.3. The highest BCUT2D eigenvalue weighted by atomic mass is 127. The molecule has 0 unspecified atom stereocenters. The molecule has 0 bridgehead atoms. The van der Waals surface area contributed by atoms with Crippen molar-refractivity contribution in [3.8, 4) is 0 Å². The van der Waals surface area contributed by atoms with Gasteiger partial charge in [0.15, 0.2) is 0 Å². The third-order valence-electron chi connectivity index (χ3n) is 1.06. The summed E-state index contributed by atoms with van der Waals surface area (Å²) in [5, 5.41) is 0. The van der Waals surface area contributed by atoms with Crippen molar-refractivity contribution in [3.05, 3.63) is 20.7 Å². The van der Waals surface area contributed by atoms with Crippen LogP contribution >= 0.6 is 36.7 Å². The van der Waals surface area contributed by atoms with Gasteiger partial charge in [0.25, 0.3) is 0 Å². The van der Waals surface area contributed by atoms with Crippen molar-refractivity contribution in [3.63, 3.8) is 0 Å². The molecule has 0 N–H and O–H groups in total. The summed E-state index contributed by atoms with van der Waals surface area (Å²) in [5.74, 6) is 0. The van der Waals surface area contributed by atoms with Crippen molar-refractivity contribution in [1.29, 1.82) is 0 Å². The van der Waals surface area contributed by atoms with Crippen molar-refractivity contribution in [2.24, 2.45) is 0 Å². The number of halogens is 2. The molecule has 0 spiro atoms. The first-order valence-corrected chi connectivity index (χ1v) is 5.97. The largest absolute Gasteiger partial charge is 0.0901 e. The van der Waals surface area contributed by atoms with E-state index in [2.05, 4.69) is 39.1 Å². The first kappa shape index (κ1) is 7.66. The second kappa shape index (κ2) is 3.66. The van der Waals surface area contributed by atoms with Crippen LogP contribution < -0.4 is 0 Å². The zero-order valence-corrected chi connectivity index (χ0v) is 8.94. The summed E-state index contributed by atoms with van der Waals surface area (Å²) in [6.45, 7) is 2.21. The molecule has 0 amide bonds. The number of hydrogen-bond donors (Lipinski definition) is 0. The van der Waals surface area contributed by atoms with E-state index in [1.807, 2.05) is 0 Å². The Morgan fingerprint density at radius 2 is 2.44 bits per heavy atom. The predicted molar refractivity (Wildman–Crippen MR) is 55.5 cm³/mol. The molecule has 0 aliphatic carbocycles. The molecule has 1 heterocycles. The summed E-state index contributed by atoms with van der Waals surface area (Å²) in [6.07, 6.45) is 5.60. The van der Waals surface area contributed by atoms with Gasteiger partial charge < -0.3 is 0 Å². The summed E-state index contributed by atoms with van der Waals surface area (Å²) in [5.41, 5.74) is 0. The standard InChI is InChI=1S/C7H8BrI/c1-2-7-5-6(8)3-4-9-7/h3-5H,2H2,1H3. The van der Waals surface area contributed by atoms with Crippen LogP contribution in [0.4, 0.5) is 0 Å². The molecule has 0 atom stereocenters. The topological polar surface area (TPSA) is 0 Å². The Hall–Kier alpha value is 0.560. The molecular formula is C7H8BrI. The first-order valence-electron chi connectivity index (χ1n) is 2.86. The minimum atomic E-state index is 0.251. The third-order valence-corrected chi connectivity index (χ3v) is 4.14. The Bertz CT molecular complexity index is 189. The fourth-order valence-electron chi connectivity index (χ4n) is 0.581. The molecule has 0 radical (unpaired) electrons. The van der Waals surface area contributed by atoms with Crippen LogP contribution in [0.3, 0.4) is 0 Å². The van der Waals surface area contributed by atoms with E-state index in [0.717, 1.165) is 0 Å². The highest BCUT2D eigenvalue weighted by molar-refractivity contribution is 14.2. The average Bonchev–Trinajstić information content (AvgIpc) is 1.88. The fourth-order valence-corrected chi connectivity index (χ4v) is 3.90. The molecule has 0 fully saturated rings. The lowest BCUT2D eigenvalue weighted by Gasteiger charge is -1.98. The fraction of sp³-hybridized carbons (Fsp3) is 0.286. The average molecular weight is 299 g/mol. The van der Waals surface area contributed by atoms with Gasteiger partial charge >= 0.3 is 0 Å². The van der Waals surface area contributed by atoms with Crippen LogP contribution in [0.25, 0.3) is 0 Å². The summed E-state index contributed by atoms with van der Waals surface area (Å²) < 4.78 is 5.13. The molecule has 2 heteroatoms. The van der Waals surface area contributed by atoms with Crippen LogP contribution in [0.2, 0.25) is 0 Å². The van der Waals surface area contributed by atoms with E-state index >= 15 is 0 Å². The van der Waals surface area contributed by atoms with Gasteiger partial charge in [0.2, 0.25) is 0 Å². The van der Waals surface area contributed by atoms with Crippen LogP contribution in [-0.4, -0.2) is 3.51 Å². The van der Waals surface area contributed by atoms with E-state index in [9.17, 15) is 0 Å². The maximum atomic E-state index is 3.44. The smallest absolute Gasteiger partial charge is 0.0186 e. The van der Waals surface area contributed by atoms with Crippen LogP contribution in [0, 0.1) is 0 Å². The molecule has 0 saturated carbocycles. The van der Waals surface area contributed by atoms with E-state index in [1.54, 1.807) is 3.51 Å². The van der Waals surface area contributed by atoms with Crippen LogP contribution in [0.15, 0.2) is 20.7 Å². The number of hydrogen-bond acceptors (Lipinski definition) is 0. The molecule has 0 aromatic heterocycles. The predicted octanol–water partition coefficient (Wildman–Crippen LogP) is 3.35. The molecule has 0 aromatic rings. The van der Waals surface area contributed by atoms with Crippen molar-refractivity contribution < 1.29 is 0 Å². The molecule has 0 nitrogen and oxygen atoms in total. The molecule has 50 valence electrons. The van der Waals surface area contributed by atoms with Gasteiger partial charge in [-0.1, -0.05) is 43.6 Å². The van der Waals surface area contributed by atoms with Crippen molar-refractivity contribution >= 4 is 40.2 Å². The molecular weight excluding hydrogens is 291 g/mol. The lowest BCUT2D eigenvalue weighted by molar-refractivity contribution is 1.33. The molecule has 1 aliphatic rings. The van der Waals surface area contributed by atoms with Gasteiger partial charge in [-0.2, -0.15) is 0 Å². The molecule has 0 saturated heterocycles. The summed E-state index contributed by atoms with van der Waals surface area (Å²) in [7, 11) is 0. The normalized spacial score (nSPS) is 18.0. The highest BCUT2D eigenvalue weighted by Crippen LogP contribution is 2.19. The second-order valence-electron chi connectivity index (χ2n) is 1.73. The number of rotatable bonds is 1. The zero-order chi connectivity index (χ0) is 6.69. The quantitative estimate of drug-likeness (QED) is 0.651. The van der Waals surface area contributed by atoms with Gasteiger partial charge in [0.05, 0.1) is 0 Å². The monoisotopic (exact) mass is 298 g/mol. The van der Waals surface area contributed by atoms with Gasteiger partial charge in [-0.3, -0.25) is 0 Å². The second-order valence-corrected chi connectivity index (χ2v) is 5.37. The zero-order valence-electron chi connectivity index (χ0n) is 5.20.